The number of fused-ring (bicyclic) bond motifs is 1. The fourth-order valence-electron chi connectivity index (χ4n) is 3.01. The summed E-state index contributed by atoms with van der Waals surface area (Å²) in [6.07, 6.45) is 1.71. The van der Waals surface area contributed by atoms with Crippen molar-refractivity contribution in [3.8, 4) is 16.9 Å². The van der Waals surface area contributed by atoms with Gasteiger partial charge in [-0.1, -0.05) is 30.3 Å². The molecule has 0 amide bonds. The number of halogens is 1. The van der Waals surface area contributed by atoms with E-state index in [1.54, 1.807) is 18.3 Å². The summed E-state index contributed by atoms with van der Waals surface area (Å²) in [5, 5.41) is 1.42. The van der Waals surface area contributed by atoms with Crippen LogP contribution in [0.3, 0.4) is 0 Å². The van der Waals surface area contributed by atoms with Gasteiger partial charge in [-0.05, 0) is 48.7 Å². The molecule has 0 fully saturated rings. The summed E-state index contributed by atoms with van der Waals surface area (Å²) < 4.78 is 14.6. The summed E-state index contributed by atoms with van der Waals surface area (Å²) in [5.74, 6) is -0.331. The Kier molecular flexibility index (Phi) is 3.65. The first-order valence-corrected chi connectivity index (χ1v) is 7.98. The summed E-state index contributed by atoms with van der Waals surface area (Å²) >= 11 is 0. The Morgan fingerprint density at radius 2 is 1.68 bits per heavy atom. The van der Waals surface area contributed by atoms with Crippen LogP contribution >= 0.6 is 0 Å². The molecular formula is C21H15FN2O. The Hall–Kier alpha value is -3.27. The molecule has 4 rings (SSSR count). The van der Waals surface area contributed by atoms with Crippen LogP contribution in [0.2, 0.25) is 0 Å². The van der Waals surface area contributed by atoms with Crippen molar-refractivity contribution in [1.29, 1.82) is 0 Å². The smallest absolute Gasteiger partial charge is 0.264 e. The average molecular weight is 330 g/mol. The van der Waals surface area contributed by atoms with Gasteiger partial charge in [0.05, 0.1) is 16.8 Å². The Labute approximate surface area is 144 Å². The summed E-state index contributed by atoms with van der Waals surface area (Å²) in [4.78, 5) is 17.5. The first kappa shape index (κ1) is 15.3. The predicted octanol–water partition coefficient (Wildman–Crippen LogP) is 4.50. The number of pyridine rings is 2. The van der Waals surface area contributed by atoms with E-state index in [-0.39, 0.29) is 11.4 Å². The van der Waals surface area contributed by atoms with E-state index in [4.69, 9.17) is 0 Å². The zero-order valence-corrected chi connectivity index (χ0v) is 13.6. The summed E-state index contributed by atoms with van der Waals surface area (Å²) in [5.41, 5.74) is 2.99. The number of benzene rings is 2. The maximum Gasteiger partial charge on any atom is 0.264 e. The van der Waals surface area contributed by atoms with Crippen LogP contribution in [-0.2, 0) is 0 Å². The van der Waals surface area contributed by atoms with Crippen LogP contribution in [0.15, 0.2) is 77.7 Å². The van der Waals surface area contributed by atoms with Crippen LogP contribution in [-0.4, -0.2) is 9.55 Å². The lowest BCUT2D eigenvalue weighted by Gasteiger charge is -2.10. The van der Waals surface area contributed by atoms with Gasteiger partial charge in [0.15, 0.2) is 0 Å². The molecule has 2 aromatic carbocycles. The number of hydrogen-bond acceptors (Lipinski definition) is 2. The molecule has 0 spiro atoms. The van der Waals surface area contributed by atoms with Gasteiger partial charge in [-0.2, -0.15) is 0 Å². The second-order valence-electron chi connectivity index (χ2n) is 5.89. The Morgan fingerprint density at radius 3 is 2.40 bits per heavy atom. The number of nitrogens with zero attached hydrogens (tertiary/aromatic N) is 2. The monoisotopic (exact) mass is 330 g/mol. The van der Waals surface area contributed by atoms with E-state index < -0.39 is 0 Å². The molecule has 0 atom stereocenters. The van der Waals surface area contributed by atoms with Gasteiger partial charge >= 0.3 is 0 Å². The lowest BCUT2D eigenvalue weighted by Crippen LogP contribution is -2.18. The van der Waals surface area contributed by atoms with E-state index in [9.17, 15) is 9.18 Å². The van der Waals surface area contributed by atoms with Crippen molar-refractivity contribution in [3.05, 3.63) is 94.8 Å². The van der Waals surface area contributed by atoms with Gasteiger partial charge < -0.3 is 0 Å². The molecule has 0 aliphatic carbocycles. The lowest BCUT2D eigenvalue weighted by molar-refractivity contribution is 0.627. The molecule has 0 unspecified atom stereocenters. The molecule has 4 heteroatoms. The number of hydrogen-bond donors (Lipinski definition) is 0. The fraction of sp³-hybridized carbons (Fsp3) is 0.0476. The van der Waals surface area contributed by atoms with Gasteiger partial charge in [0.25, 0.3) is 5.56 Å². The molecule has 0 N–H and O–H groups in total. The summed E-state index contributed by atoms with van der Waals surface area (Å²) in [6, 6.07) is 19.5. The maximum atomic E-state index is 13.1. The molecule has 2 heterocycles. The van der Waals surface area contributed by atoms with Gasteiger partial charge in [0.2, 0.25) is 0 Å². The molecule has 4 aromatic rings. The van der Waals surface area contributed by atoms with E-state index >= 15 is 0 Å². The van der Waals surface area contributed by atoms with Crippen molar-refractivity contribution < 1.29 is 4.39 Å². The van der Waals surface area contributed by atoms with Crippen LogP contribution in [0.25, 0.3) is 27.7 Å². The zero-order chi connectivity index (χ0) is 17.4. The highest BCUT2D eigenvalue weighted by Crippen LogP contribution is 2.23. The topological polar surface area (TPSA) is 34.9 Å². The van der Waals surface area contributed by atoms with E-state index in [0.29, 0.717) is 16.8 Å². The molecule has 2 aromatic heterocycles. The van der Waals surface area contributed by atoms with Crippen LogP contribution in [0.4, 0.5) is 4.39 Å². The van der Waals surface area contributed by atoms with Crippen LogP contribution < -0.4 is 5.56 Å². The fourth-order valence-corrected chi connectivity index (χ4v) is 3.01. The molecule has 0 radical (unpaired) electrons. The number of aryl methyl sites for hydroxylation is 1. The standard InChI is InChI=1S/C21H15FN2O/c1-14-20-16(13-19(23-14)15-5-3-2-4-6-15)11-12-24(21(20)25)18-9-7-17(22)8-10-18/h2-13H,1H3. The SMILES string of the molecule is Cc1nc(-c2ccccc2)cc2ccn(-c3ccc(F)cc3)c(=O)c12. The highest BCUT2D eigenvalue weighted by Gasteiger charge is 2.11. The van der Waals surface area contributed by atoms with Crippen molar-refractivity contribution in [2.75, 3.05) is 0 Å². The maximum absolute atomic E-state index is 13.1. The van der Waals surface area contributed by atoms with E-state index in [1.807, 2.05) is 49.4 Å². The van der Waals surface area contributed by atoms with E-state index in [0.717, 1.165) is 16.6 Å². The van der Waals surface area contributed by atoms with Gasteiger partial charge in [-0.3, -0.25) is 14.3 Å². The minimum atomic E-state index is -0.331. The molecule has 0 saturated heterocycles. The quantitative estimate of drug-likeness (QED) is 0.542. The second kappa shape index (κ2) is 5.98. The first-order valence-electron chi connectivity index (χ1n) is 7.98. The Bertz CT molecular complexity index is 1120. The van der Waals surface area contributed by atoms with E-state index in [1.165, 1.54) is 16.7 Å². The van der Waals surface area contributed by atoms with E-state index in [2.05, 4.69) is 4.98 Å². The van der Waals surface area contributed by atoms with Gasteiger partial charge in [-0.25, -0.2) is 4.39 Å². The lowest BCUT2D eigenvalue weighted by atomic mass is 10.1. The van der Waals surface area contributed by atoms with Crippen LogP contribution in [0.1, 0.15) is 5.69 Å². The second-order valence-corrected chi connectivity index (χ2v) is 5.89. The first-order chi connectivity index (χ1) is 12.1. The van der Waals surface area contributed by atoms with Gasteiger partial charge in [0.1, 0.15) is 5.82 Å². The molecule has 25 heavy (non-hydrogen) atoms. The zero-order valence-electron chi connectivity index (χ0n) is 13.6. The highest BCUT2D eigenvalue weighted by atomic mass is 19.1. The third kappa shape index (κ3) is 2.72. The average Bonchev–Trinajstić information content (AvgIpc) is 2.63. The number of rotatable bonds is 2. The molecule has 0 bridgehead atoms. The van der Waals surface area contributed by atoms with Crippen LogP contribution in [0, 0.1) is 12.7 Å². The number of aromatic nitrogens is 2. The molecule has 0 aliphatic rings. The molecule has 122 valence electrons. The Balaban J connectivity index is 1.92. The van der Waals surface area contributed by atoms with Crippen molar-refractivity contribution in [1.82, 2.24) is 9.55 Å². The molecule has 3 nitrogen and oxygen atoms in total. The Morgan fingerprint density at radius 1 is 0.960 bits per heavy atom. The summed E-state index contributed by atoms with van der Waals surface area (Å²) in [7, 11) is 0. The van der Waals surface area contributed by atoms with Crippen molar-refractivity contribution in [2.24, 2.45) is 0 Å². The predicted molar refractivity (Wildman–Crippen MR) is 97.5 cm³/mol. The van der Waals surface area contributed by atoms with Gasteiger partial charge in [-0.15, -0.1) is 0 Å². The molecule has 0 saturated carbocycles. The molecule has 0 aliphatic heterocycles. The molecular weight excluding hydrogens is 315 g/mol. The third-order valence-electron chi connectivity index (χ3n) is 4.24. The van der Waals surface area contributed by atoms with Crippen molar-refractivity contribution >= 4 is 10.8 Å². The summed E-state index contributed by atoms with van der Waals surface area (Å²) in [6.45, 7) is 1.84. The minimum Gasteiger partial charge on any atom is -0.284 e. The highest BCUT2D eigenvalue weighted by molar-refractivity contribution is 5.87. The third-order valence-corrected chi connectivity index (χ3v) is 4.24. The van der Waals surface area contributed by atoms with Crippen molar-refractivity contribution in [3.63, 3.8) is 0 Å². The minimum absolute atomic E-state index is 0.159. The largest absolute Gasteiger partial charge is 0.284 e. The van der Waals surface area contributed by atoms with Gasteiger partial charge in [0, 0.05) is 17.4 Å². The van der Waals surface area contributed by atoms with Crippen LogP contribution in [0.5, 0.6) is 0 Å². The van der Waals surface area contributed by atoms with Crippen molar-refractivity contribution in [2.45, 2.75) is 6.92 Å². The normalized spacial score (nSPS) is 11.0.